The van der Waals surface area contributed by atoms with Crippen molar-refractivity contribution in [3.05, 3.63) is 46.2 Å². The first-order valence-electron chi connectivity index (χ1n) is 9.10. The molecule has 0 atom stereocenters. The standard InChI is InChI=1S/C20H29N3O3S/c1-4-21-20(23(2)10-9-17-6-5-13-27-17)22-15-16-7-8-18(26-12-11-24)19(14-16)25-3/h5-8,13-14,24H,4,9-12,15H2,1-3H3,(H,21,22). The van der Waals surface area contributed by atoms with Crippen LogP contribution in [0.15, 0.2) is 40.7 Å². The molecule has 27 heavy (non-hydrogen) atoms. The number of rotatable bonds is 10. The third-order valence-corrected chi connectivity index (χ3v) is 4.89. The van der Waals surface area contributed by atoms with Crippen molar-refractivity contribution in [2.75, 3.05) is 40.5 Å². The van der Waals surface area contributed by atoms with Crippen LogP contribution in [-0.2, 0) is 13.0 Å². The highest BCUT2D eigenvalue weighted by Gasteiger charge is 2.08. The van der Waals surface area contributed by atoms with E-state index in [0.29, 0.717) is 18.0 Å². The van der Waals surface area contributed by atoms with Crippen LogP contribution in [0.4, 0.5) is 0 Å². The summed E-state index contributed by atoms with van der Waals surface area (Å²) in [6.45, 7) is 4.55. The topological polar surface area (TPSA) is 66.3 Å². The van der Waals surface area contributed by atoms with Crippen molar-refractivity contribution in [1.29, 1.82) is 0 Å². The van der Waals surface area contributed by atoms with Crippen molar-refractivity contribution >= 4 is 17.3 Å². The van der Waals surface area contributed by atoms with Crippen molar-refractivity contribution in [3.63, 3.8) is 0 Å². The third kappa shape index (κ3) is 6.77. The molecule has 2 rings (SSSR count). The van der Waals surface area contributed by atoms with Gasteiger partial charge in [-0.25, -0.2) is 4.99 Å². The van der Waals surface area contributed by atoms with Gasteiger partial charge in [-0.2, -0.15) is 0 Å². The molecule has 1 aromatic heterocycles. The molecule has 0 aliphatic heterocycles. The van der Waals surface area contributed by atoms with Gasteiger partial charge in [0.2, 0.25) is 0 Å². The molecule has 0 aliphatic carbocycles. The van der Waals surface area contributed by atoms with E-state index in [-0.39, 0.29) is 13.2 Å². The second kappa shape index (κ2) is 11.5. The van der Waals surface area contributed by atoms with Crippen LogP contribution in [0.5, 0.6) is 11.5 Å². The average molecular weight is 392 g/mol. The maximum atomic E-state index is 8.90. The lowest BCUT2D eigenvalue weighted by molar-refractivity contribution is 0.196. The summed E-state index contributed by atoms with van der Waals surface area (Å²) in [4.78, 5) is 8.28. The molecule has 0 aliphatic rings. The minimum atomic E-state index is -0.0287. The minimum absolute atomic E-state index is 0.0287. The first-order chi connectivity index (χ1) is 13.2. The summed E-state index contributed by atoms with van der Waals surface area (Å²) < 4.78 is 10.9. The van der Waals surface area contributed by atoms with Gasteiger partial charge in [0.25, 0.3) is 0 Å². The summed E-state index contributed by atoms with van der Waals surface area (Å²) in [7, 11) is 3.66. The number of nitrogens with zero attached hydrogens (tertiary/aromatic N) is 2. The van der Waals surface area contributed by atoms with Gasteiger partial charge < -0.3 is 24.8 Å². The summed E-state index contributed by atoms with van der Waals surface area (Å²) in [5, 5.41) is 14.4. The normalized spacial score (nSPS) is 11.3. The maximum absolute atomic E-state index is 8.90. The second-order valence-electron chi connectivity index (χ2n) is 5.98. The fourth-order valence-electron chi connectivity index (χ4n) is 2.56. The Kier molecular flexibility index (Phi) is 8.94. The molecule has 6 nitrogen and oxygen atoms in total. The van der Waals surface area contributed by atoms with E-state index in [4.69, 9.17) is 19.6 Å². The molecule has 148 valence electrons. The van der Waals surface area contributed by atoms with Crippen LogP contribution < -0.4 is 14.8 Å². The third-order valence-electron chi connectivity index (χ3n) is 3.96. The molecular weight excluding hydrogens is 362 g/mol. The minimum Gasteiger partial charge on any atom is -0.493 e. The fraction of sp³-hybridized carbons (Fsp3) is 0.450. The number of hydrogen-bond acceptors (Lipinski definition) is 5. The first kappa shape index (κ1) is 21.1. The van der Waals surface area contributed by atoms with Crippen LogP contribution >= 0.6 is 11.3 Å². The number of aliphatic hydroxyl groups is 1. The summed E-state index contributed by atoms with van der Waals surface area (Å²) in [5.74, 6) is 2.15. The lowest BCUT2D eigenvalue weighted by atomic mass is 10.2. The molecule has 2 N–H and O–H groups in total. The molecule has 0 spiro atoms. The predicted molar refractivity (Wildman–Crippen MR) is 111 cm³/mol. The number of ether oxygens (including phenoxy) is 2. The zero-order valence-corrected chi connectivity index (χ0v) is 17.1. The monoisotopic (exact) mass is 391 g/mol. The van der Waals surface area contributed by atoms with Crippen molar-refractivity contribution in [2.45, 2.75) is 19.9 Å². The highest BCUT2D eigenvalue weighted by atomic mass is 32.1. The average Bonchev–Trinajstić information content (AvgIpc) is 3.21. The number of benzene rings is 1. The molecule has 1 heterocycles. The molecule has 7 heteroatoms. The zero-order valence-electron chi connectivity index (χ0n) is 16.3. The van der Waals surface area contributed by atoms with Gasteiger partial charge in [-0.05, 0) is 42.5 Å². The Bertz CT molecular complexity index is 705. The first-order valence-corrected chi connectivity index (χ1v) is 9.98. The van der Waals surface area contributed by atoms with Crippen LogP contribution in [0.25, 0.3) is 0 Å². The maximum Gasteiger partial charge on any atom is 0.193 e. The van der Waals surface area contributed by atoms with Gasteiger partial charge in [-0.1, -0.05) is 12.1 Å². The van der Waals surface area contributed by atoms with E-state index < -0.39 is 0 Å². The van der Waals surface area contributed by atoms with Crippen molar-refractivity contribution in [1.82, 2.24) is 10.2 Å². The largest absolute Gasteiger partial charge is 0.493 e. The van der Waals surface area contributed by atoms with Gasteiger partial charge in [0.15, 0.2) is 17.5 Å². The van der Waals surface area contributed by atoms with Crippen LogP contribution in [0.1, 0.15) is 17.4 Å². The number of aliphatic imine (C=N–C) groups is 1. The molecular formula is C20H29N3O3S. The van der Waals surface area contributed by atoms with E-state index in [1.165, 1.54) is 4.88 Å². The van der Waals surface area contributed by atoms with E-state index in [1.54, 1.807) is 18.4 Å². The van der Waals surface area contributed by atoms with E-state index in [0.717, 1.165) is 31.0 Å². The number of likely N-dealkylation sites (N-methyl/N-ethyl adjacent to an activating group) is 1. The SMILES string of the molecule is CCNC(=NCc1ccc(OCCO)c(OC)c1)N(C)CCc1cccs1. The van der Waals surface area contributed by atoms with Crippen LogP contribution in [0, 0.1) is 0 Å². The lowest BCUT2D eigenvalue weighted by Gasteiger charge is -2.22. The van der Waals surface area contributed by atoms with Crippen LogP contribution in [0.3, 0.4) is 0 Å². The Morgan fingerprint density at radius 1 is 1.30 bits per heavy atom. The highest BCUT2D eigenvalue weighted by molar-refractivity contribution is 7.09. The molecule has 0 radical (unpaired) electrons. The van der Waals surface area contributed by atoms with Crippen LogP contribution in [0.2, 0.25) is 0 Å². The van der Waals surface area contributed by atoms with Crippen molar-refractivity contribution in [2.24, 2.45) is 4.99 Å². The highest BCUT2D eigenvalue weighted by Crippen LogP contribution is 2.28. The van der Waals surface area contributed by atoms with Gasteiger partial charge in [-0.3, -0.25) is 0 Å². The number of methoxy groups -OCH3 is 1. The molecule has 0 fully saturated rings. The Balaban J connectivity index is 2.02. The summed E-state index contributed by atoms with van der Waals surface area (Å²) in [5.41, 5.74) is 1.03. The quantitative estimate of drug-likeness (QED) is 0.482. The van der Waals surface area contributed by atoms with Crippen molar-refractivity contribution < 1.29 is 14.6 Å². The van der Waals surface area contributed by atoms with Crippen molar-refractivity contribution in [3.8, 4) is 11.5 Å². The Labute approximate surface area is 165 Å². The van der Waals surface area contributed by atoms with Gasteiger partial charge in [0.05, 0.1) is 20.3 Å². The molecule has 0 unspecified atom stereocenters. The molecule has 0 saturated carbocycles. The molecule has 0 saturated heterocycles. The molecule has 0 bridgehead atoms. The Hall–Kier alpha value is -2.25. The molecule has 1 aromatic carbocycles. The van der Waals surface area contributed by atoms with Gasteiger partial charge >= 0.3 is 0 Å². The number of guanidine groups is 1. The zero-order chi connectivity index (χ0) is 19.5. The van der Waals surface area contributed by atoms with E-state index in [2.05, 4.69) is 41.7 Å². The van der Waals surface area contributed by atoms with Gasteiger partial charge in [0.1, 0.15) is 6.61 Å². The Morgan fingerprint density at radius 3 is 2.81 bits per heavy atom. The lowest BCUT2D eigenvalue weighted by Crippen LogP contribution is -2.39. The number of thiophene rings is 1. The Morgan fingerprint density at radius 2 is 2.15 bits per heavy atom. The van der Waals surface area contributed by atoms with Gasteiger partial charge in [0, 0.05) is 25.0 Å². The smallest absolute Gasteiger partial charge is 0.193 e. The molecule has 2 aromatic rings. The summed E-state index contributed by atoms with van der Waals surface area (Å²) in [6, 6.07) is 9.99. The fourth-order valence-corrected chi connectivity index (χ4v) is 3.26. The number of nitrogens with one attached hydrogen (secondary N) is 1. The number of aliphatic hydroxyl groups excluding tert-OH is 1. The van der Waals surface area contributed by atoms with Gasteiger partial charge in [-0.15, -0.1) is 11.3 Å². The predicted octanol–water partition coefficient (Wildman–Crippen LogP) is 2.77. The summed E-state index contributed by atoms with van der Waals surface area (Å²) >= 11 is 1.78. The van der Waals surface area contributed by atoms with E-state index in [1.807, 2.05) is 18.2 Å². The van der Waals surface area contributed by atoms with E-state index in [9.17, 15) is 0 Å². The summed E-state index contributed by atoms with van der Waals surface area (Å²) in [6.07, 6.45) is 1.00. The van der Waals surface area contributed by atoms with Crippen LogP contribution in [-0.4, -0.2) is 56.4 Å². The second-order valence-corrected chi connectivity index (χ2v) is 7.01. The molecule has 0 amide bonds. The number of hydrogen-bond donors (Lipinski definition) is 2. The van der Waals surface area contributed by atoms with E-state index >= 15 is 0 Å².